The quantitative estimate of drug-likeness (QED) is 0.863. The molecule has 0 bridgehead atoms. The smallest absolute Gasteiger partial charge is 0.0623 e. The maximum absolute atomic E-state index is 5.57. The monoisotopic (exact) mass is 248 g/mol. The van der Waals surface area contributed by atoms with Crippen molar-refractivity contribution in [2.45, 2.75) is 19.9 Å². The molecule has 1 fully saturated rings. The second kappa shape index (κ2) is 6.21. The normalized spacial score (nSPS) is 23.3. The van der Waals surface area contributed by atoms with Crippen molar-refractivity contribution in [3.05, 3.63) is 29.8 Å². The van der Waals surface area contributed by atoms with Gasteiger partial charge in [-0.15, -0.1) is 0 Å². The molecule has 0 amide bonds. The van der Waals surface area contributed by atoms with Crippen LogP contribution in [0.25, 0.3) is 0 Å². The number of hydrogen-bond acceptors (Lipinski definition) is 3. The van der Waals surface area contributed by atoms with E-state index in [9.17, 15) is 0 Å². The number of rotatable bonds is 5. The third-order valence-electron chi connectivity index (χ3n) is 3.80. The Morgan fingerprint density at radius 2 is 2.00 bits per heavy atom. The maximum Gasteiger partial charge on any atom is 0.0623 e. The highest BCUT2D eigenvalue weighted by molar-refractivity contribution is 5.47. The van der Waals surface area contributed by atoms with Crippen LogP contribution in [0.2, 0.25) is 0 Å². The van der Waals surface area contributed by atoms with Gasteiger partial charge in [-0.05, 0) is 33.0 Å². The highest BCUT2D eigenvalue weighted by Crippen LogP contribution is 2.20. The van der Waals surface area contributed by atoms with Crippen molar-refractivity contribution in [1.82, 2.24) is 5.32 Å². The van der Waals surface area contributed by atoms with Gasteiger partial charge in [-0.2, -0.15) is 0 Å². The van der Waals surface area contributed by atoms with Crippen LogP contribution in [-0.4, -0.2) is 39.4 Å². The van der Waals surface area contributed by atoms with Crippen LogP contribution in [-0.2, 0) is 4.74 Å². The summed E-state index contributed by atoms with van der Waals surface area (Å²) in [7, 11) is 2.02. The van der Waals surface area contributed by atoms with E-state index in [1.807, 2.05) is 7.05 Å². The minimum absolute atomic E-state index is 0.490. The Hall–Kier alpha value is -1.06. The Balaban J connectivity index is 2.02. The fraction of sp³-hybridized carbons (Fsp3) is 0.600. The van der Waals surface area contributed by atoms with E-state index in [4.69, 9.17) is 4.74 Å². The lowest BCUT2D eigenvalue weighted by Gasteiger charge is -2.28. The molecule has 3 nitrogen and oxygen atoms in total. The molecule has 1 aromatic carbocycles. The zero-order valence-electron chi connectivity index (χ0n) is 11.6. The van der Waals surface area contributed by atoms with E-state index in [2.05, 4.69) is 48.3 Å². The molecular weight excluding hydrogens is 224 g/mol. The van der Waals surface area contributed by atoms with Gasteiger partial charge in [0.25, 0.3) is 0 Å². The van der Waals surface area contributed by atoms with Crippen LogP contribution in [0.1, 0.15) is 12.5 Å². The Labute approximate surface area is 110 Å². The van der Waals surface area contributed by atoms with Crippen LogP contribution in [0.5, 0.6) is 0 Å². The minimum Gasteiger partial charge on any atom is -0.379 e. The predicted octanol–water partition coefficient (Wildman–Crippen LogP) is 2.06. The molecule has 2 unspecified atom stereocenters. The van der Waals surface area contributed by atoms with Crippen LogP contribution in [0.15, 0.2) is 24.3 Å². The van der Waals surface area contributed by atoms with Gasteiger partial charge in [0.15, 0.2) is 0 Å². The van der Waals surface area contributed by atoms with Gasteiger partial charge in [0.05, 0.1) is 13.2 Å². The van der Waals surface area contributed by atoms with Crippen molar-refractivity contribution in [2.24, 2.45) is 5.92 Å². The number of likely N-dealkylation sites (N-methyl/N-ethyl adjacent to an activating group) is 1. The number of nitrogens with zero attached hydrogens (tertiary/aromatic N) is 1. The fourth-order valence-corrected chi connectivity index (χ4v) is 2.55. The maximum atomic E-state index is 5.57. The number of hydrogen-bond donors (Lipinski definition) is 1. The predicted molar refractivity (Wildman–Crippen MR) is 76.2 cm³/mol. The Kier molecular flexibility index (Phi) is 4.61. The number of ether oxygens (including phenoxy) is 1. The lowest BCUT2D eigenvalue weighted by Crippen LogP contribution is -2.40. The molecule has 1 aliphatic rings. The summed E-state index contributed by atoms with van der Waals surface area (Å²) >= 11 is 0. The molecule has 1 aromatic rings. The summed E-state index contributed by atoms with van der Waals surface area (Å²) in [5, 5.41) is 3.35. The standard InChI is InChI=1S/C15H24N2O/c1-4-17(14-7-5-12(2)6-8-14)9-13-10-18-11-15(13)16-3/h5-8,13,15-16H,4,9-11H2,1-3H3. The molecule has 1 aliphatic heterocycles. The molecule has 1 heterocycles. The average molecular weight is 248 g/mol. The van der Waals surface area contributed by atoms with Crippen LogP contribution >= 0.6 is 0 Å². The van der Waals surface area contributed by atoms with Gasteiger partial charge in [0, 0.05) is 30.7 Å². The molecule has 1 N–H and O–H groups in total. The second-order valence-corrected chi connectivity index (χ2v) is 5.07. The molecule has 0 radical (unpaired) electrons. The van der Waals surface area contributed by atoms with Crippen molar-refractivity contribution >= 4 is 5.69 Å². The first-order valence-corrected chi connectivity index (χ1v) is 6.81. The Morgan fingerprint density at radius 1 is 1.28 bits per heavy atom. The molecule has 2 atom stereocenters. The van der Waals surface area contributed by atoms with Crippen LogP contribution in [0.3, 0.4) is 0 Å². The third-order valence-corrected chi connectivity index (χ3v) is 3.80. The molecule has 18 heavy (non-hydrogen) atoms. The number of aryl methyl sites for hydroxylation is 1. The fourth-order valence-electron chi connectivity index (χ4n) is 2.55. The molecule has 0 aliphatic carbocycles. The van der Waals surface area contributed by atoms with Crippen molar-refractivity contribution in [3.8, 4) is 0 Å². The van der Waals surface area contributed by atoms with Crippen LogP contribution in [0.4, 0.5) is 5.69 Å². The van der Waals surface area contributed by atoms with Gasteiger partial charge in [-0.25, -0.2) is 0 Å². The van der Waals surface area contributed by atoms with Crippen molar-refractivity contribution in [2.75, 3.05) is 38.3 Å². The number of nitrogens with one attached hydrogen (secondary N) is 1. The lowest BCUT2D eigenvalue weighted by atomic mass is 10.0. The number of anilines is 1. The highest BCUT2D eigenvalue weighted by Gasteiger charge is 2.28. The van der Waals surface area contributed by atoms with Gasteiger partial charge in [0.2, 0.25) is 0 Å². The van der Waals surface area contributed by atoms with Crippen molar-refractivity contribution < 1.29 is 4.74 Å². The summed E-state index contributed by atoms with van der Waals surface area (Å²) in [4.78, 5) is 2.43. The van der Waals surface area contributed by atoms with Crippen molar-refractivity contribution in [3.63, 3.8) is 0 Å². The van der Waals surface area contributed by atoms with E-state index in [1.54, 1.807) is 0 Å². The first kappa shape index (κ1) is 13.4. The summed E-state index contributed by atoms with van der Waals surface area (Å²) in [6, 6.07) is 9.27. The van der Waals surface area contributed by atoms with Gasteiger partial charge in [0.1, 0.15) is 0 Å². The summed E-state index contributed by atoms with van der Waals surface area (Å²) in [5.74, 6) is 0.580. The zero-order valence-corrected chi connectivity index (χ0v) is 11.6. The Bertz CT molecular complexity index is 363. The third kappa shape index (κ3) is 3.03. The SMILES string of the molecule is CCN(CC1COCC1NC)c1ccc(C)cc1. The molecule has 2 rings (SSSR count). The summed E-state index contributed by atoms with van der Waals surface area (Å²) in [5.41, 5.74) is 2.62. The molecule has 1 saturated heterocycles. The van der Waals surface area contributed by atoms with Gasteiger partial charge in [-0.3, -0.25) is 0 Å². The summed E-state index contributed by atoms with van der Waals surface area (Å²) in [6.07, 6.45) is 0. The van der Waals surface area contributed by atoms with E-state index in [0.29, 0.717) is 12.0 Å². The zero-order chi connectivity index (χ0) is 13.0. The van der Waals surface area contributed by atoms with Crippen LogP contribution < -0.4 is 10.2 Å². The average Bonchev–Trinajstić information content (AvgIpc) is 2.84. The molecule has 0 spiro atoms. The van der Waals surface area contributed by atoms with E-state index < -0.39 is 0 Å². The first-order valence-electron chi connectivity index (χ1n) is 6.81. The molecule has 0 aromatic heterocycles. The molecule has 100 valence electrons. The van der Waals surface area contributed by atoms with Gasteiger partial charge < -0.3 is 15.0 Å². The lowest BCUT2D eigenvalue weighted by molar-refractivity contribution is 0.183. The van der Waals surface area contributed by atoms with E-state index in [0.717, 1.165) is 26.3 Å². The number of benzene rings is 1. The van der Waals surface area contributed by atoms with Gasteiger partial charge >= 0.3 is 0 Å². The molecule has 0 saturated carbocycles. The largest absolute Gasteiger partial charge is 0.379 e. The van der Waals surface area contributed by atoms with E-state index in [1.165, 1.54) is 11.3 Å². The molecule has 3 heteroatoms. The topological polar surface area (TPSA) is 24.5 Å². The summed E-state index contributed by atoms with van der Waals surface area (Å²) in [6.45, 7) is 8.15. The first-order chi connectivity index (χ1) is 8.74. The van der Waals surface area contributed by atoms with E-state index >= 15 is 0 Å². The minimum atomic E-state index is 0.490. The van der Waals surface area contributed by atoms with E-state index in [-0.39, 0.29) is 0 Å². The van der Waals surface area contributed by atoms with Crippen LogP contribution in [0, 0.1) is 12.8 Å². The van der Waals surface area contributed by atoms with Crippen molar-refractivity contribution in [1.29, 1.82) is 0 Å². The highest BCUT2D eigenvalue weighted by atomic mass is 16.5. The van der Waals surface area contributed by atoms with Gasteiger partial charge in [-0.1, -0.05) is 17.7 Å². The second-order valence-electron chi connectivity index (χ2n) is 5.07. The summed E-state index contributed by atoms with van der Waals surface area (Å²) < 4.78 is 5.57. The molecular formula is C15H24N2O. The Morgan fingerprint density at radius 3 is 2.61 bits per heavy atom.